The van der Waals surface area contributed by atoms with Crippen LogP contribution in [0, 0.1) is 0 Å². The van der Waals surface area contributed by atoms with E-state index in [-0.39, 0.29) is 6.03 Å². The highest BCUT2D eigenvalue weighted by molar-refractivity contribution is 5.74. The van der Waals surface area contributed by atoms with Gasteiger partial charge in [0.25, 0.3) is 0 Å². The summed E-state index contributed by atoms with van der Waals surface area (Å²) < 4.78 is 0. The Morgan fingerprint density at radius 2 is 1.89 bits per heavy atom. The van der Waals surface area contributed by atoms with Crippen LogP contribution in [0.1, 0.15) is 38.5 Å². The summed E-state index contributed by atoms with van der Waals surface area (Å²) in [6.45, 7) is 8.46. The number of nitrogens with zero attached hydrogens (tertiary/aromatic N) is 2. The van der Waals surface area contributed by atoms with Gasteiger partial charge >= 0.3 is 6.03 Å². The van der Waals surface area contributed by atoms with Crippen LogP contribution in [0.2, 0.25) is 0 Å². The van der Waals surface area contributed by atoms with Crippen molar-refractivity contribution in [1.29, 1.82) is 0 Å². The first kappa shape index (κ1) is 14.4. The second kappa shape index (κ2) is 7.53. The highest BCUT2D eigenvalue weighted by Gasteiger charge is 2.21. The number of hydrogen-bond acceptors (Lipinski definition) is 2. The largest absolute Gasteiger partial charge is 0.335 e. The van der Waals surface area contributed by atoms with Gasteiger partial charge in [0.15, 0.2) is 0 Å². The number of amides is 2. The van der Waals surface area contributed by atoms with Gasteiger partial charge in [-0.05, 0) is 19.3 Å². The van der Waals surface area contributed by atoms with Crippen LogP contribution in [0.4, 0.5) is 4.79 Å². The standard InChI is InChI=1S/C15H27N3O/c1-2-9-17-10-6-11-18(13-12-17)15(19)16-14-7-4-3-5-8-14/h2,14H,1,3-13H2,(H,16,19). The van der Waals surface area contributed by atoms with Crippen molar-refractivity contribution in [2.45, 2.75) is 44.6 Å². The van der Waals surface area contributed by atoms with Crippen LogP contribution < -0.4 is 5.32 Å². The molecular formula is C15H27N3O. The summed E-state index contributed by atoms with van der Waals surface area (Å²) >= 11 is 0. The summed E-state index contributed by atoms with van der Waals surface area (Å²) in [6, 6.07) is 0.557. The van der Waals surface area contributed by atoms with Crippen LogP contribution in [0.5, 0.6) is 0 Å². The fourth-order valence-corrected chi connectivity index (χ4v) is 3.05. The summed E-state index contributed by atoms with van der Waals surface area (Å²) in [5.74, 6) is 0. The quantitative estimate of drug-likeness (QED) is 0.794. The summed E-state index contributed by atoms with van der Waals surface area (Å²) in [7, 11) is 0. The lowest BCUT2D eigenvalue weighted by Crippen LogP contribution is -2.46. The average molecular weight is 265 g/mol. The molecule has 1 N–H and O–H groups in total. The van der Waals surface area contributed by atoms with E-state index in [0.717, 1.165) is 52.0 Å². The van der Waals surface area contributed by atoms with Gasteiger partial charge in [-0.15, -0.1) is 6.58 Å². The van der Waals surface area contributed by atoms with E-state index in [1.54, 1.807) is 0 Å². The van der Waals surface area contributed by atoms with Gasteiger partial charge < -0.3 is 10.2 Å². The molecule has 1 saturated carbocycles. The second-order valence-electron chi connectivity index (χ2n) is 5.71. The lowest BCUT2D eigenvalue weighted by molar-refractivity contribution is 0.191. The maximum absolute atomic E-state index is 12.3. The molecule has 4 heteroatoms. The Balaban J connectivity index is 1.76. The van der Waals surface area contributed by atoms with E-state index in [0.29, 0.717) is 6.04 Å². The molecule has 0 aromatic rings. The third-order valence-corrected chi connectivity index (χ3v) is 4.20. The highest BCUT2D eigenvalue weighted by atomic mass is 16.2. The number of carbonyl (C=O) groups is 1. The summed E-state index contributed by atoms with van der Waals surface area (Å²) in [5.41, 5.74) is 0. The van der Waals surface area contributed by atoms with Gasteiger partial charge in [0, 0.05) is 38.8 Å². The van der Waals surface area contributed by atoms with Crippen molar-refractivity contribution in [2.75, 3.05) is 32.7 Å². The number of nitrogens with one attached hydrogen (secondary N) is 1. The molecule has 0 radical (unpaired) electrons. The zero-order valence-electron chi connectivity index (χ0n) is 11.9. The Morgan fingerprint density at radius 1 is 1.11 bits per heavy atom. The Kier molecular flexibility index (Phi) is 5.70. The van der Waals surface area contributed by atoms with Crippen LogP contribution in [0.3, 0.4) is 0 Å². The number of hydrogen-bond donors (Lipinski definition) is 1. The number of carbonyl (C=O) groups excluding carboxylic acids is 1. The number of rotatable bonds is 3. The topological polar surface area (TPSA) is 35.6 Å². The number of urea groups is 1. The van der Waals surface area contributed by atoms with E-state index in [9.17, 15) is 4.79 Å². The normalized spacial score (nSPS) is 22.8. The molecule has 0 spiro atoms. The second-order valence-corrected chi connectivity index (χ2v) is 5.71. The van der Waals surface area contributed by atoms with Gasteiger partial charge in [-0.2, -0.15) is 0 Å². The van der Waals surface area contributed by atoms with Crippen molar-refractivity contribution in [1.82, 2.24) is 15.1 Å². The third-order valence-electron chi connectivity index (χ3n) is 4.20. The molecule has 2 aliphatic rings. The Bertz CT molecular complexity index is 300. The minimum absolute atomic E-state index is 0.146. The van der Waals surface area contributed by atoms with Crippen LogP contribution in [-0.2, 0) is 0 Å². The third kappa shape index (κ3) is 4.53. The van der Waals surface area contributed by atoms with Crippen molar-refractivity contribution < 1.29 is 4.79 Å². The zero-order chi connectivity index (χ0) is 13.5. The van der Waals surface area contributed by atoms with E-state index >= 15 is 0 Å². The maximum Gasteiger partial charge on any atom is 0.317 e. The predicted octanol–water partition coefficient (Wildman–Crippen LogP) is 2.22. The molecule has 0 unspecified atom stereocenters. The van der Waals surface area contributed by atoms with E-state index in [1.807, 2.05) is 11.0 Å². The first-order valence-corrected chi connectivity index (χ1v) is 7.68. The molecule has 2 rings (SSSR count). The van der Waals surface area contributed by atoms with Crippen molar-refractivity contribution >= 4 is 6.03 Å². The minimum atomic E-state index is 0.146. The van der Waals surface area contributed by atoms with E-state index in [2.05, 4.69) is 16.8 Å². The average Bonchev–Trinajstić information content (AvgIpc) is 2.66. The van der Waals surface area contributed by atoms with Gasteiger partial charge in [-0.3, -0.25) is 4.90 Å². The molecule has 4 nitrogen and oxygen atoms in total. The van der Waals surface area contributed by atoms with Crippen molar-refractivity contribution in [3.8, 4) is 0 Å². The van der Waals surface area contributed by atoms with Crippen molar-refractivity contribution in [3.05, 3.63) is 12.7 Å². The molecule has 0 bridgehead atoms. The maximum atomic E-state index is 12.3. The van der Waals surface area contributed by atoms with Crippen LogP contribution >= 0.6 is 0 Å². The monoisotopic (exact) mass is 265 g/mol. The lowest BCUT2D eigenvalue weighted by Gasteiger charge is -2.27. The first-order chi connectivity index (χ1) is 9.29. The molecule has 1 aliphatic heterocycles. The molecule has 1 aliphatic carbocycles. The minimum Gasteiger partial charge on any atom is -0.335 e. The fraction of sp³-hybridized carbons (Fsp3) is 0.800. The van der Waals surface area contributed by atoms with Gasteiger partial charge in [0.1, 0.15) is 0 Å². The predicted molar refractivity (Wildman–Crippen MR) is 78.2 cm³/mol. The van der Waals surface area contributed by atoms with Crippen LogP contribution in [0.15, 0.2) is 12.7 Å². The van der Waals surface area contributed by atoms with Crippen molar-refractivity contribution in [3.63, 3.8) is 0 Å². The SMILES string of the molecule is C=CCN1CCCN(C(=O)NC2CCCCC2)CC1. The Hall–Kier alpha value is -1.03. The molecular weight excluding hydrogens is 238 g/mol. The van der Waals surface area contributed by atoms with Gasteiger partial charge in [0.05, 0.1) is 0 Å². The molecule has 19 heavy (non-hydrogen) atoms. The van der Waals surface area contributed by atoms with Crippen molar-refractivity contribution in [2.24, 2.45) is 0 Å². The first-order valence-electron chi connectivity index (χ1n) is 7.68. The lowest BCUT2D eigenvalue weighted by atomic mass is 9.96. The molecule has 1 saturated heterocycles. The summed E-state index contributed by atoms with van der Waals surface area (Å²) in [4.78, 5) is 16.6. The van der Waals surface area contributed by atoms with E-state index in [1.165, 1.54) is 19.3 Å². The summed E-state index contributed by atoms with van der Waals surface area (Å²) in [5, 5.41) is 3.21. The summed E-state index contributed by atoms with van der Waals surface area (Å²) in [6.07, 6.45) is 9.16. The van der Waals surface area contributed by atoms with Crippen LogP contribution in [-0.4, -0.2) is 54.6 Å². The fourth-order valence-electron chi connectivity index (χ4n) is 3.05. The molecule has 1 heterocycles. The van der Waals surface area contributed by atoms with Crippen LogP contribution in [0.25, 0.3) is 0 Å². The highest BCUT2D eigenvalue weighted by Crippen LogP contribution is 2.17. The van der Waals surface area contributed by atoms with E-state index < -0.39 is 0 Å². The molecule has 2 amide bonds. The molecule has 2 fully saturated rings. The molecule has 0 atom stereocenters. The molecule has 0 aromatic carbocycles. The van der Waals surface area contributed by atoms with Gasteiger partial charge in [0.2, 0.25) is 0 Å². The molecule has 0 aromatic heterocycles. The molecule has 108 valence electrons. The Morgan fingerprint density at radius 3 is 2.63 bits per heavy atom. The van der Waals surface area contributed by atoms with Gasteiger partial charge in [-0.25, -0.2) is 4.79 Å². The van der Waals surface area contributed by atoms with E-state index in [4.69, 9.17) is 0 Å². The van der Waals surface area contributed by atoms with Gasteiger partial charge in [-0.1, -0.05) is 25.3 Å². The zero-order valence-corrected chi connectivity index (χ0v) is 11.9. The Labute approximate surface area is 116 Å². The smallest absolute Gasteiger partial charge is 0.317 e.